The van der Waals surface area contributed by atoms with E-state index in [9.17, 15) is 14.0 Å². The van der Waals surface area contributed by atoms with Crippen LogP contribution in [0.3, 0.4) is 0 Å². The Hall–Kier alpha value is -1.91. The average molecular weight is 326 g/mol. The van der Waals surface area contributed by atoms with E-state index >= 15 is 0 Å². The molecule has 108 valence electrons. The summed E-state index contributed by atoms with van der Waals surface area (Å²) in [6.45, 7) is 0. The number of nitrogens with one attached hydrogen (secondary N) is 1. The summed E-state index contributed by atoms with van der Waals surface area (Å²) < 4.78 is 13.0. The lowest BCUT2D eigenvalue weighted by atomic mass is 10.1. The molecule has 3 nitrogen and oxygen atoms in total. The molecule has 0 aliphatic heterocycles. The van der Waals surface area contributed by atoms with Crippen LogP contribution in [0.15, 0.2) is 48.5 Å². The number of alkyl halides is 1. The molecule has 0 fully saturated rings. The maximum absolute atomic E-state index is 13.0. The molecule has 2 aromatic carbocycles. The molecular formula is C15H10Cl2FNO2. The molecule has 1 N–H and O–H groups in total. The predicted octanol–water partition coefficient (Wildman–Crippen LogP) is 3.91. The predicted molar refractivity (Wildman–Crippen MR) is 80.5 cm³/mol. The summed E-state index contributed by atoms with van der Waals surface area (Å²) in [5, 5.41) is 0.908. The Balaban J connectivity index is 2.09. The third kappa shape index (κ3) is 3.80. The molecule has 2 aromatic rings. The van der Waals surface area contributed by atoms with Gasteiger partial charge in [-0.05, 0) is 18.2 Å². The highest BCUT2D eigenvalue weighted by Gasteiger charge is 2.25. The first-order valence-corrected chi connectivity index (χ1v) is 6.79. The van der Waals surface area contributed by atoms with Crippen molar-refractivity contribution in [3.8, 4) is 0 Å². The number of hydrogen-bond acceptors (Lipinski definition) is 2. The zero-order chi connectivity index (χ0) is 15.4. The molecule has 6 heteroatoms. The lowest BCUT2D eigenvalue weighted by Gasteiger charge is -2.10. The molecule has 0 aliphatic carbocycles. The fraction of sp³-hybridized carbons (Fsp3) is 0.0667. The maximum Gasteiger partial charge on any atom is 0.250 e. The number of Topliss-reactive ketones (excluding diaryl/α,β-unsaturated/α-hetero) is 1. The minimum absolute atomic E-state index is 0.131. The highest BCUT2D eigenvalue weighted by atomic mass is 35.5. The van der Waals surface area contributed by atoms with Crippen molar-refractivity contribution >= 4 is 40.6 Å². The number of rotatable bonds is 4. The number of benzene rings is 2. The summed E-state index contributed by atoms with van der Waals surface area (Å²) in [5.74, 6) is -1.81. The van der Waals surface area contributed by atoms with Gasteiger partial charge in [-0.15, -0.1) is 11.6 Å². The summed E-state index contributed by atoms with van der Waals surface area (Å²) in [6.07, 6.45) is 0. The van der Waals surface area contributed by atoms with Gasteiger partial charge >= 0.3 is 0 Å². The van der Waals surface area contributed by atoms with E-state index in [-0.39, 0.29) is 10.7 Å². The van der Waals surface area contributed by atoms with E-state index < -0.39 is 22.9 Å². The number of anilines is 1. The highest BCUT2D eigenvalue weighted by molar-refractivity contribution is 6.45. The second-order valence-corrected chi connectivity index (χ2v) is 5.05. The van der Waals surface area contributed by atoms with Crippen molar-refractivity contribution in [1.82, 2.24) is 0 Å². The molecule has 0 saturated carbocycles. The van der Waals surface area contributed by atoms with Crippen molar-refractivity contribution in [2.75, 3.05) is 5.32 Å². The molecule has 0 spiro atoms. The summed E-state index contributed by atoms with van der Waals surface area (Å²) >= 11 is 11.5. The third-order valence-corrected chi connectivity index (χ3v) is 3.39. The van der Waals surface area contributed by atoms with Gasteiger partial charge in [-0.2, -0.15) is 0 Å². The Morgan fingerprint density at radius 2 is 1.76 bits per heavy atom. The first-order valence-electron chi connectivity index (χ1n) is 5.98. The van der Waals surface area contributed by atoms with Gasteiger partial charge in [0, 0.05) is 11.3 Å². The SMILES string of the molecule is O=C(Nc1ccc(F)c(Cl)c1)C(Cl)C(=O)c1ccccc1. The Labute approximate surface area is 130 Å². The van der Waals surface area contributed by atoms with Gasteiger partial charge in [-0.3, -0.25) is 9.59 Å². The average Bonchev–Trinajstić information content (AvgIpc) is 2.50. The molecule has 0 aliphatic rings. The second-order valence-electron chi connectivity index (χ2n) is 4.21. The van der Waals surface area contributed by atoms with Gasteiger partial charge in [0.25, 0.3) is 0 Å². The Morgan fingerprint density at radius 1 is 1.10 bits per heavy atom. The third-order valence-electron chi connectivity index (χ3n) is 2.71. The van der Waals surface area contributed by atoms with Crippen LogP contribution >= 0.6 is 23.2 Å². The van der Waals surface area contributed by atoms with Gasteiger partial charge in [0.2, 0.25) is 5.91 Å². The fourth-order valence-corrected chi connectivity index (χ4v) is 2.01. The number of ketones is 1. The van der Waals surface area contributed by atoms with Gasteiger partial charge in [0.15, 0.2) is 11.2 Å². The molecule has 1 unspecified atom stereocenters. The lowest BCUT2D eigenvalue weighted by Crippen LogP contribution is -2.30. The molecule has 0 bridgehead atoms. The van der Waals surface area contributed by atoms with E-state index in [1.54, 1.807) is 30.3 Å². The Morgan fingerprint density at radius 3 is 2.38 bits per heavy atom. The Bertz CT molecular complexity index is 677. The van der Waals surface area contributed by atoms with Crippen molar-refractivity contribution in [3.05, 3.63) is 64.9 Å². The smallest absolute Gasteiger partial charge is 0.250 e. The number of carbonyl (C=O) groups is 2. The fourth-order valence-electron chi connectivity index (χ4n) is 1.65. The summed E-state index contributed by atoms with van der Waals surface area (Å²) in [4.78, 5) is 23.9. The van der Waals surface area contributed by atoms with Crippen LogP contribution < -0.4 is 5.32 Å². The van der Waals surface area contributed by atoms with Gasteiger partial charge in [-0.25, -0.2) is 4.39 Å². The minimum Gasteiger partial charge on any atom is -0.324 e. The van der Waals surface area contributed by atoms with E-state index in [0.29, 0.717) is 5.56 Å². The first-order chi connectivity index (χ1) is 9.99. The number of hydrogen-bond donors (Lipinski definition) is 1. The van der Waals surface area contributed by atoms with Gasteiger partial charge in [-0.1, -0.05) is 41.9 Å². The molecule has 1 amide bonds. The quantitative estimate of drug-likeness (QED) is 0.526. The topological polar surface area (TPSA) is 46.2 Å². The van der Waals surface area contributed by atoms with Crippen molar-refractivity contribution in [2.24, 2.45) is 0 Å². The van der Waals surface area contributed by atoms with Crippen LogP contribution in [0.4, 0.5) is 10.1 Å². The van der Waals surface area contributed by atoms with Crippen LogP contribution in [0.2, 0.25) is 5.02 Å². The van der Waals surface area contributed by atoms with Crippen molar-refractivity contribution in [2.45, 2.75) is 5.38 Å². The highest BCUT2D eigenvalue weighted by Crippen LogP contribution is 2.20. The van der Waals surface area contributed by atoms with Gasteiger partial charge < -0.3 is 5.32 Å². The zero-order valence-corrected chi connectivity index (χ0v) is 12.2. The molecule has 1 atom stereocenters. The van der Waals surface area contributed by atoms with E-state index in [1.807, 2.05) is 0 Å². The number of amides is 1. The second kappa shape index (κ2) is 6.70. The van der Waals surface area contributed by atoms with Crippen molar-refractivity contribution in [3.63, 3.8) is 0 Å². The first kappa shape index (κ1) is 15.5. The van der Waals surface area contributed by atoms with Crippen LogP contribution in [0, 0.1) is 5.82 Å². The van der Waals surface area contributed by atoms with Crippen LogP contribution in [0.25, 0.3) is 0 Å². The largest absolute Gasteiger partial charge is 0.324 e. The molecule has 0 heterocycles. The lowest BCUT2D eigenvalue weighted by molar-refractivity contribution is -0.115. The number of halogens is 3. The summed E-state index contributed by atoms with van der Waals surface area (Å²) in [5.41, 5.74) is 0.600. The van der Waals surface area contributed by atoms with Crippen LogP contribution in [0.5, 0.6) is 0 Å². The minimum atomic E-state index is -1.38. The van der Waals surface area contributed by atoms with E-state index in [1.165, 1.54) is 12.1 Å². The molecule has 0 radical (unpaired) electrons. The standard InChI is InChI=1S/C15H10Cl2FNO2/c16-11-8-10(6-7-12(11)18)19-15(21)13(17)14(20)9-4-2-1-3-5-9/h1-8,13H,(H,19,21). The molecule has 0 aromatic heterocycles. The zero-order valence-electron chi connectivity index (χ0n) is 10.6. The van der Waals surface area contributed by atoms with Crippen LogP contribution in [-0.2, 0) is 4.79 Å². The van der Waals surface area contributed by atoms with E-state index in [2.05, 4.69) is 5.32 Å². The number of carbonyl (C=O) groups excluding carboxylic acids is 2. The van der Waals surface area contributed by atoms with E-state index in [0.717, 1.165) is 6.07 Å². The van der Waals surface area contributed by atoms with Crippen LogP contribution in [0.1, 0.15) is 10.4 Å². The summed E-state index contributed by atoms with van der Waals surface area (Å²) in [6, 6.07) is 11.9. The normalized spacial score (nSPS) is 11.8. The van der Waals surface area contributed by atoms with E-state index in [4.69, 9.17) is 23.2 Å². The van der Waals surface area contributed by atoms with Crippen molar-refractivity contribution < 1.29 is 14.0 Å². The monoisotopic (exact) mass is 325 g/mol. The molecule has 21 heavy (non-hydrogen) atoms. The molecule has 2 rings (SSSR count). The molecule has 0 saturated heterocycles. The molecular weight excluding hydrogens is 316 g/mol. The maximum atomic E-state index is 13.0. The Kier molecular flexibility index (Phi) is 4.94. The van der Waals surface area contributed by atoms with Gasteiger partial charge in [0.1, 0.15) is 5.82 Å². The van der Waals surface area contributed by atoms with Gasteiger partial charge in [0.05, 0.1) is 5.02 Å². The summed E-state index contributed by atoms with van der Waals surface area (Å²) in [7, 11) is 0. The van der Waals surface area contributed by atoms with Crippen LogP contribution in [-0.4, -0.2) is 17.1 Å². The van der Waals surface area contributed by atoms with Crippen molar-refractivity contribution in [1.29, 1.82) is 0 Å².